The molecular formula is C11H8F6O3. The molecule has 0 saturated carbocycles. The fourth-order valence-corrected chi connectivity index (χ4v) is 1.84. The molecule has 1 fully saturated rings. The van der Waals surface area contributed by atoms with Crippen molar-refractivity contribution in [2.24, 2.45) is 0 Å². The first kappa shape index (κ1) is 15.1. The van der Waals surface area contributed by atoms with E-state index in [4.69, 9.17) is 5.11 Å². The van der Waals surface area contributed by atoms with Crippen molar-refractivity contribution in [2.75, 3.05) is 6.61 Å². The molecule has 1 saturated heterocycles. The predicted molar refractivity (Wildman–Crippen MR) is 52.1 cm³/mol. The normalized spacial score (nSPS) is 32.1. The molecule has 9 heteroatoms. The van der Waals surface area contributed by atoms with Crippen LogP contribution in [0.3, 0.4) is 0 Å². The van der Waals surface area contributed by atoms with Crippen LogP contribution in [0.5, 0.6) is 0 Å². The Kier molecular flexibility index (Phi) is 3.27. The molecule has 2 atom stereocenters. The first-order chi connectivity index (χ1) is 9.04. The summed E-state index contributed by atoms with van der Waals surface area (Å²) in [6.45, 7) is -1.35. The summed E-state index contributed by atoms with van der Waals surface area (Å²) in [5.41, 5.74) is -1.35. The highest BCUT2D eigenvalue weighted by atomic mass is 19.3. The Morgan fingerprint density at radius 2 is 1.75 bits per heavy atom. The van der Waals surface area contributed by atoms with Crippen molar-refractivity contribution in [3.63, 3.8) is 0 Å². The largest absolute Gasteiger partial charge is 0.384 e. The summed E-state index contributed by atoms with van der Waals surface area (Å²) < 4.78 is 84.4. The number of aliphatic hydroxyl groups is 2. The summed E-state index contributed by atoms with van der Waals surface area (Å²) in [4.78, 5) is 0. The van der Waals surface area contributed by atoms with Gasteiger partial charge in [-0.05, 0) is 12.1 Å². The maximum absolute atomic E-state index is 13.7. The average Bonchev–Trinajstić information content (AvgIpc) is 2.33. The van der Waals surface area contributed by atoms with Crippen LogP contribution in [0.15, 0.2) is 18.2 Å². The zero-order valence-electron chi connectivity index (χ0n) is 9.59. The molecule has 0 unspecified atom stereocenters. The SMILES string of the molecule is O[C@H]1CO[C@](O)(c2ccc(F)cc2F)C(F)(F)C1(F)F. The Labute approximate surface area is 108 Å². The fourth-order valence-electron chi connectivity index (χ4n) is 1.84. The van der Waals surface area contributed by atoms with Crippen LogP contribution >= 0.6 is 0 Å². The van der Waals surface area contributed by atoms with Crippen molar-refractivity contribution >= 4 is 0 Å². The van der Waals surface area contributed by atoms with Crippen LogP contribution in [0.4, 0.5) is 26.3 Å². The molecule has 0 spiro atoms. The van der Waals surface area contributed by atoms with E-state index in [0.29, 0.717) is 12.1 Å². The number of benzene rings is 1. The van der Waals surface area contributed by atoms with Gasteiger partial charge >= 0.3 is 11.8 Å². The van der Waals surface area contributed by atoms with Crippen LogP contribution in [-0.2, 0) is 10.5 Å². The van der Waals surface area contributed by atoms with E-state index in [1.165, 1.54) is 0 Å². The molecule has 0 aromatic heterocycles. The summed E-state index contributed by atoms with van der Waals surface area (Å²) in [6, 6.07) is 1.00. The van der Waals surface area contributed by atoms with E-state index in [2.05, 4.69) is 4.74 Å². The molecule has 0 amide bonds. The van der Waals surface area contributed by atoms with Crippen molar-refractivity contribution in [1.82, 2.24) is 0 Å². The monoisotopic (exact) mass is 302 g/mol. The molecule has 20 heavy (non-hydrogen) atoms. The quantitative estimate of drug-likeness (QED) is 0.777. The molecular weight excluding hydrogens is 294 g/mol. The molecule has 112 valence electrons. The van der Waals surface area contributed by atoms with Gasteiger partial charge in [-0.1, -0.05) is 0 Å². The van der Waals surface area contributed by atoms with Crippen molar-refractivity contribution < 1.29 is 41.3 Å². The Balaban J connectivity index is 2.59. The molecule has 0 radical (unpaired) electrons. The second kappa shape index (κ2) is 4.34. The minimum absolute atomic E-state index is 0.135. The van der Waals surface area contributed by atoms with Gasteiger partial charge in [0.1, 0.15) is 17.7 Å². The van der Waals surface area contributed by atoms with E-state index in [9.17, 15) is 31.4 Å². The standard InChI is InChI=1S/C11H8F6O3/c12-5-1-2-6(7(13)3-5)10(19)11(16,17)9(14,15)8(18)4-20-10/h1-3,8,18-19H,4H2/t8-,10+/m0/s1. The van der Waals surface area contributed by atoms with Gasteiger partial charge in [0.2, 0.25) is 0 Å². The van der Waals surface area contributed by atoms with Gasteiger partial charge in [0.25, 0.3) is 5.79 Å². The summed E-state index contributed by atoms with van der Waals surface area (Å²) in [6.07, 6.45) is -2.87. The predicted octanol–water partition coefficient (Wildman–Crippen LogP) is 1.77. The number of alkyl halides is 4. The zero-order chi connectivity index (χ0) is 15.3. The lowest BCUT2D eigenvalue weighted by molar-refractivity contribution is -0.434. The summed E-state index contributed by atoms with van der Waals surface area (Å²) in [7, 11) is 0. The lowest BCUT2D eigenvalue weighted by Gasteiger charge is -2.45. The summed E-state index contributed by atoms with van der Waals surface area (Å²) >= 11 is 0. The van der Waals surface area contributed by atoms with Gasteiger partial charge in [-0.2, -0.15) is 17.6 Å². The van der Waals surface area contributed by atoms with Gasteiger partial charge in [0, 0.05) is 6.07 Å². The Morgan fingerprint density at radius 3 is 2.30 bits per heavy atom. The van der Waals surface area contributed by atoms with Crippen LogP contribution in [0, 0.1) is 11.6 Å². The van der Waals surface area contributed by atoms with Gasteiger partial charge in [-0.25, -0.2) is 8.78 Å². The number of hydrogen-bond acceptors (Lipinski definition) is 3. The molecule has 1 heterocycles. The van der Waals surface area contributed by atoms with E-state index in [1.807, 2.05) is 0 Å². The molecule has 1 aromatic carbocycles. The maximum Gasteiger partial charge on any atom is 0.369 e. The summed E-state index contributed by atoms with van der Waals surface area (Å²) in [5, 5.41) is 18.5. The van der Waals surface area contributed by atoms with Crippen LogP contribution in [-0.4, -0.2) is 34.8 Å². The molecule has 1 aliphatic rings. The number of aliphatic hydroxyl groups excluding tert-OH is 1. The second-order valence-corrected chi connectivity index (χ2v) is 4.29. The van der Waals surface area contributed by atoms with E-state index < -0.39 is 47.5 Å². The number of halogens is 6. The highest BCUT2D eigenvalue weighted by Crippen LogP contribution is 2.53. The second-order valence-electron chi connectivity index (χ2n) is 4.29. The Hall–Kier alpha value is -1.32. The Bertz CT molecular complexity index is 535. The minimum atomic E-state index is -5.32. The number of ether oxygens (including phenoxy) is 1. The van der Waals surface area contributed by atoms with Gasteiger partial charge in [-0.3, -0.25) is 0 Å². The number of rotatable bonds is 1. The van der Waals surface area contributed by atoms with Crippen LogP contribution in [0.25, 0.3) is 0 Å². The lowest BCUT2D eigenvalue weighted by Crippen LogP contribution is -2.67. The molecule has 3 nitrogen and oxygen atoms in total. The molecule has 2 N–H and O–H groups in total. The van der Waals surface area contributed by atoms with Crippen molar-refractivity contribution in [3.8, 4) is 0 Å². The third kappa shape index (κ3) is 1.80. The van der Waals surface area contributed by atoms with Crippen LogP contribution < -0.4 is 0 Å². The van der Waals surface area contributed by atoms with E-state index in [0.717, 1.165) is 0 Å². The molecule has 1 aliphatic heterocycles. The number of hydrogen-bond donors (Lipinski definition) is 2. The van der Waals surface area contributed by atoms with Gasteiger partial charge in [-0.15, -0.1) is 0 Å². The van der Waals surface area contributed by atoms with E-state index in [-0.39, 0.29) is 6.07 Å². The highest BCUT2D eigenvalue weighted by Gasteiger charge is 2.76. The van der Waals surface area contributed by atoms with E-state index in [1.54, 1.807) is 0 Å². The molecule has 0 aliphatic carbocycles. The van der Waals surface area contributed by atoms with Gasteiger partial charge in [0.05, 0.1) is 12.2 Å². The average molecular weight is 302 g/mol. The van der Waals surface area contributed by atoms with Crippen molar-refractivity contribution in [2.45, 2.75) is 23.7 Å². The first-order valence-corrected chi connectivity index (χ1v) is 5.29. The highest BCUT2D eigenvalue weighted by molar-refractivity contribution is 5.28. The van der Waals surface area contributed by atoms with Gasteiger partial charge in [0.15, 0.2) is 0 Å². The van der Waals surface area contributed by atoms with Crippen molar-refractivity contribution in [3.05, 3.63) is 35.4 Å². The third-order valence-corrected chi connectivity index (χ3v) is 3.01. The zero-order valence-corrected chi connectivity index (χ0v) is 9.59. The fraction of sp³-hybridized carbons (Fsp3) is 0.455. The third-order valence-electron chi connectivity index (χ3n) is 3.01. The van der Waals surface area contributed by atoms with Gasteiger partial charge < -0.3 is 14.9 Å². The topological polar surface area (TPSA) is 49.7 Å². The maximum atomic E-state index is 13.7. The smallest absolute Gasteiger partial charge is 0.369 e. The Morgan fingerprint density at radius 1 is 1.15 bits per heavy atom. The summed E-state index contributed by atoms with van der Waals surface area (Å²) in [5.74, 6) is -17.2. The molecule has 1 aromatic rings. The van der Waals surface area contributed by atoms with Crippen molar-refractivity contribution in [1.29, 1.82) is 0 Å². The van der Waals surface area contributed by atoms with Crippen LogP contribution in [0.1, 0.15) is 5.56 Å². The lowest BCUT2D eigenvalue weighted by atomic mass is 9.89. The van der Waals surface area contributed by atoms with Crippen LogP contribution in [0.2, 0.25) is 0 Å². The van der Waals surface area contributed by atoms with E-state index >= 15 is 0 Å². The minimum Gasteiger partial charge on any atom is -0.384 e. The molecule has 0 bridgehead atoms. The first-order valence-electron chi connectivity index (χ1n) is 5.29. The molecule has 2 rings (SSSR count).